The number of carbonyl (C=O) groups excluding carboxylic acids is 1. The molecule has 0 heterocycles. The molecule has 0 aliphatic heterocycles. The molecule has 19 heavy (non-hydrogen) atoms. The fraction of sp³-hybridized carbons (Fsp3) is 0.933. The molecule has 0 aromatic carbocycles. The van der Waals surface area contributed by atoms with Crippen LogP contribution in [-0.4, -0.2) is 42.2 Å². The topological polar surface area (TPSA) is 41.1 Å². The molecule has 0 fully saturated rings. The van der Waals surface area contributed by atoms with Crippen LogP contribution in [0, 0.1) is 0 Å². The summed E-state index contributed by atoms with van der Waals surface area (Å²) >= 11 is 0. The molecule has 0 aromatic rings. The predicted molar refractivity (Wildman–Crippen MR) is 88.1 cm³/mol. The van der Waals surface area contributed by atoms with Crippen LogP contribution >= 0.6 is 0 Å². The van der Waals surface area contributed by atoms with E-state index in [1.165, 1.54) is 25.7 Å². The van der Waals surface area contributed by atoms with E-state index >= 15 is 0 Å². The Morgan fingerprint density at radius 3 is 2.11 bits per heavy atom. The van der Waals surface area contributed by atoms with Crippen molar-refractivity contribution in [1.29, 1.82) is 0 Å². The zero-order chi connectivity index (χ0) is 14.3. The van der Waals surface area contributed by atoms with Crippen molar-refractivity contribution in [2.24, 2.45) is 0 Å². The summed E-state index contributed by atoms with van der Waals surface area (Å²) in [5.41, 5.74) is 0.382. The van der Waals surface area contributed by atoms with Gasteiger partial charge in [0.1, 0.15) is 5.78 Å². The van der Waals surface area contributed by atoms with Crippen LogP contribution in [0.2, 0.25) is 5.54 Å². The van der Waals surface area contributed by atoms with Crippen LogP contribution in [-0.2, 0) is 4.79 Å². The van der Waals surface area contributed by atoms with Gasteiger partial charge in [-0.25, -0.2) is 0 Å². The fourth-order valence-corrected chi connectivity index (χ4v) is 2.24. The number of hydrogen-bond donors (Lipinski definition) is 2. The molecule has 0 rings (SSSR count). The Hall–Kier alpha value is -0.193. The Morgan fingerprint density at radius 2 is 1.53 bits per heavy atom. The van der Waals surface area contributed by atoms with Crippen molar-refractivity contribution >= 4 is 16.0 Å². The van der Waals surface area contributed by atoms with Crippen LogP contribution in [0.4, 0.5) is 0 Å². The second kappa shape index (κ2) is 14.2. The average molecular weight is 287 g/mol. The largest absolute Gasteiger partial charge is 0.317 e. The van der Waals surface area contributed by atoms with Crippen LogP contribution in [0.25, 0.3) is 0 Å². The molecule has 0 saturated heterocycles. The first kappa shape index (κ1) is 18.8. The lowest BCUT2D eigenvalue weighted by atomic mass is 10.1. The maximum Gasteiger partial charge on any atom is 0.132 e. The molecular weight excluding hydrogens is 252 g/mol. The van der Waals surface area contributed by atoms with Crippen LogP contribution in [0.5, 0.6) is 0 Å². The molecule has 2 N–H and O–H groups in total. The third-order valence-electron chi connectivity index (χ3n) is 3.60. The SMILES string of the molecule is CCCCCNCCCNCCCC(=O)C([SiH3])CC. The molecule has 4 heteroatoms. The van der Waals surface area contributed by atoms with Crippen molar-refractivity contribution in [3.8, 4) is 0 Å². The third kappa shape index (κ3) is 12.6. The summed E-state index contributed by atoms with van der Waals surface area (Å²) in [4.78, 5) is 11.6. The number of nitrogens with one attached hydrogen (secondary N) is 2. The first-order valence-corrected chi connectivity index (χ1v) is 9.32. The van der Waals surface area contributed by atoms with E-state index in [-0.39, 0.29) is 0 Å². The van der Waals surface area contributed by atoms with E-state index in [9.17, 15) is 4.79 Å². The van der Waals surface area contributed by atoms with Crippen LogP contribution in [0.3, 0.4) is 0 Å². The Kier molecular flexibility index (Phi) is 14.1. The molecule has 1 unspecified atom stereocenters. The number of ketones is 1. The molecule has 0 bridgehead atoms. The van der Waals surface area contributed by atoms with Crippen LogP contribution in [0.15, 0.2) is 0 Å². The molecule has 0 aromatic heterocycles. The van der Waals surface area contributed by atoms with Gasteiger partial charge >= 0.3 is 0 Å². The quantitative estimate of drug-likeness (QED) is 0.377. The van der Waals surface area contributed by atoms with Crippen LogP contribution < -0.4 is 10.6 Å². The molecule has 1 atom stereocenters. The van der Waals surface area contributed by atoms with E-state index in [2.05, 4.69) is 24.5 Å². The summed E-state index contributed by atoms with van der Waals surface area (Å²) in [5, 5.41) is 6.88. The fourth-order valence-electron chi connectivity index (χ4n) is 1.95. The van der Waals surface area contributed by atoms with Gasteiger partial charge < -0.3 is 10.6 Å². The van der Waals surface area contributed by atoms with E-state index in [1.807, 2.05) is 0 Å². The van der Waals surface area contributed by atoms with Gasteiger partial charge in [-0.1, -0.05) is 26.7 Å². The van der Waals surface area contributed by atoms with Gasteiger partial charge in [0.25, 0.3) is 0 Å². The Bertz CT molecular complexity index is 212. The van der Waals surface area contributed by atoms with Crippen LogP contribution in [0.1, 0.15) is 58.8 Å². The Labute approximate surface area is 122 Å². The van der Waals surface area contributed by atoms with Gasteiger partial charge in [0.2, 0.25) is 0 Å². The minimum Gasteiger partial charge on any atom is -0.317 e. The summed E-state index contributed by atoms with van der Waals surface area (Å²) in [6, 6.07) is 0. The number of Topliss-reactive ketones (excluding diaryl/α,β-unsaturated/α-hetero) is 1. The lowest BCUT2D eigenvalue weighted by Crippen LogP contribution is -2.23. The van der Waals surface area contributed by atoms with Crippen molar-refractivity contribution < 1.29 is 4.79 Å². The molecule has 3 nitrogen and oxygen atoms in total. The zero-order valence-corrected chi connectivity index (χ0v) is 15.3. The standard InChI is InChI=1S/C15H34N2OSi/c1-3-5-6-10-16-12-8-13-17-11-7-9-14(18)15(19)4-2/h15-17H,3-13H2,1-2,19H3. The molecule has 0 aliphatic carbocycles. The third-order valence-corrected chi connectivity index (χ3v) is 5.06. The number of unbranched alkanes of at least 4 members (excludes halogenated alkanes) is 2. The lowest BCUT2D eigenvalue weighted by molar-refractivity contribution is -0.119. The van der Waals surface area contributed by atoms with E-state index < -0.39 is 0 Å². The minimum absolute atomic E-state index is 0.382. The van der Waals surface area contributed by atoms with Gasteiger partial charge in [-0.05, 0) is 51.9 Å². The smallest absolute Gasteiger partial charge is 0.132 e. The second-order valence-corrected chi connectivity index (χ2v) is 6.83. The average Bonchev–Trinajstić information content (AvgIpc) is 2.43. The minimum atomic E-state index is 0.382. The highest BCUT2D eigenvalue weighted by molar-refractivity contribution is 6.24. The summed E-state index contributed by atoms with van der Waals surface area (Å²) in [5.74, 6) is 0.480. The number of hydrogen-bond acceptors (Lipinski definition) is 3. The predicted octanol–water partition coefficient (Wildman–Crippen LogP) is 1.66. The highest BCUT2D eigenvalue weighted by Crippen LogP contribution is 2.09. The van der Waals surface area contributed by atoms with Gasteiger partial charge in [-0.2, -0.15) is 0 Å². The van der Waals surface area contributed by atoms with E-state index in [4.69, 9.17) is 0 Å². The molecule has 0 saturated carbocycles. The summed E-state index contributed by atoms with van der Waals surface area (Å²) in [7, 11) is 1.02. The molecule has 114 valence electrons. The monoisotopic (exact) mass is 286 g/mol. The molecule has 0 spiro atoms. The normalized spacial score (nSPS) is 12.7. The summed E-state index contributed by atoms with van der Waals surface area (Å²) < 4.78 is 0. The highest BCUT2D eigenvalue weighted by atomic mass is 28.1. The molecular formula is C15H34N2OSi. The molecule has 0 amide bonds. The lowest BCUT2D eigenvalue weighted by Gasteiger charge is -2.08. The number of carbonyl (C=O) groups is 1. The van der Waals surface area contributed by atoms with Crippen molar-refractivity contribution in [1.82, 2.24) is 10.6 Å². The van der Waals surface area contributed by atoms with E-state index in [1.54, 1.807) is 0 Å². The highest BCUT2D eigenvalue weighted by Gasteiger charge is 2.09. The van der Waals surface area contributed by atoms with Gasteiger partial charge in [-0.15, -0.1) is 0 Å². The number of rotatable bonds is 14. The molecule has 0 aliphatic rings. The first-order valence-electron chi connectivity index (χ1n) is 8.16. The maximum absolute atomic E-state index is 11.6. The molecule has 0 radical (unpaired) electrons. The van der Waals surface area contributed by atoms with Crippen molar-refractivity contribution in [3.63, 3.8) is 0 Å². The maximum atomic E-state index is 11.6. The van der Waals surface area contributed by atoms with Gasteiger partial charge in [0, 0.05) is 22.2 Å². The summed E-state index contributed by atoms with van der Waals surface area (Å²) in [6.45, 7) is 8.65. The Morgan fingerprint density at radius 1 is 0.947 bits per heavy atom. The van der Waals surface area contributed by atoms with Gasteiger partial charge in [-0.3, -0.25) is 4.79 Å². The van der Waals surface area contributed by atoms with Gasteiger partial charge in [0.15, 0.2) is 0 Å². The van der Waals surface area contributed by atoms with E-state index in [0.717, 1.165) is 55.7 Å². The van der Waals surface area contributed by atoms with Crippen molar-refractivity contribution in [2.45, 2.75) is 64.3 Å². The van der Waals surface area contributed by atoms with Crippen molar-refractivity contribution in [3.05, 3.63) is 0 Å². The van der Waals surface area contributed by atoms with E-state index in [0.29, 0.717) is 11.3 Å². The Balaban J connectivity index is 3.13. The first-order chi connectivity index (χ1) is 9.22. The van der Waals surface area contributed by atoms with Gasteiger partial charge in [0.05, 0.1) is 0 Å². The second-order valence-electron chi connectivity index (χ2n) is 5.44. The zero-order valence-electron chi connectivity index (χ0n) is 13.3. The van der Waals surface area contributed by atoms with Crippen molar-refractivity contribution in [2.75, 3.05) is 26.2 Å². The summed E-state index contributed by atoms with van der Waals surface area (Å²) in [6.07, 6.45) is 7.90.